The Hall–Kier alpha value is -1.63. The van der Waals surface area contributed by atoms with Crippen LogP contribution in [-0.4, -0.2) is 73.9 Å². The van der Waals surface area contributed by atoms with E-state index in [1.807, 2.05) is 12.1 Å². The zero-order valence-electron chi connectivity index (χ0n) is 17.6. The van der Waals surface area contributed by atoms with Crippen molar-refractivity contribution in [2.75, 3.05) is 40.0 Å². The number of ether oxygens (including phenoxy) is 2. The van der Waals surface area contributed by atoms with E-state index in [0.717, 1.165) is 51.4 Å². The lowest BCUT2D eigenvalue weighted by Gasteiger charge is -2.45. The first-order valence-corrected chi connectivity index (χ1v) is 11.2. The van der Waals surface area contributed by atoms with Crippen LogP contribution in [0, 0.1) is 0 Å². The van der Waals surface area contributed by atoms with Crippen LogP contribution in [0.2, 0.25) is 0 Å². The second kappa shape index (κ2) is 9.92. The van der Waals surface area contributed by atoms with Gasteiger partial charge in [0.25, 0.3) is 0 Å². The summed E-state index contributed by atoms with van der Waals surface area (Å²) in [5.41, 5.74) is 1.26. The van der Waals surface area contributed by atoms with Crippen molar-refractivity contribution in [3.63, 3.8) is 0 Å². The van der Waals surface area contributed by atoms with Crippen molar-refractivity contribution in [2.45, 2.75) is 63.2 Å². The average molecular weight is 402 g/mol. The third-order valence-electron chi connectivity index (χ3n) is 6.78. The normalized spacial score (nSPS) is 29.8. The van der Waals surface area contributed by atoms with E-state index < -0.39 is 0 Å². The van der Waals surface area contributed by atoms with Crippen molar-refractivity contribution >= 4 is 5.91 Å². The monoisotopic (exact) mass is 401 g/mol. The molecule has 3 atom stereocenters. The maximum atomic E-state index is 12.6. The van der Waals surface area contributed by atoms with Gasteiger partial charge in [-0.15, -0.1) is 0 Å². The van der Waals surface area contributed by atoms with E-state index in [4.69, 9.17) is 9.47 Å². The van der Waals surface area contributed by atoms with Gasteiger partial charge in [0.1, 0.15) is 5.75 Å². The maximum Gasteiger partial charge on any atom is 0.222 e. The van der Waals surface area contributed by atoms with Gasteiger partial charge >= 0.3 is 0 Å². The largest absolute Gasteiger partial charge is 0.496 e. The van der Waals surface area contributed by atoms with Crippen molar-refractivity contribution in [1.29, 1.82) is 0 Å². The van der Waals surface area contributed by atoms with Gasteiger partial charge in [0, 0.05) is 38.1 Å². The Balaban J connectivity index is 1.50. The minimum absolute atomic E-state index is 0.127. The van der Waals surface area contributed by atoms with Crippen molar-refractivity contribution < 1.29 is 14.3 Å². The van der Waals surface area contributed by atoms with E-state index in [9.17, 15) is 4.79 Å². The number of para-hydroxylation sites is 1. The number of morpholine rings is 1. The number of carbonyl (C=O) groups excluding carboxylic acids is 1. The molecular formula is C23H35N3O3. The molecule has 0 bridgehead atoms. The van der Waals surface area contributed by atoms with Gasteiger partial charge in [-0.25, -0.2) is 0 Å². The smallest absolute Gasteiger partial charge is 0.222 e. The fourth-order valence-electron chi connectivity index (χ4n) is 5.25. The third kappa shape index (κ3) is 5.11. The molecule has 0 saturated carbocycles. The molecule has 1 amide bonds. The Morgan fingerprint density at radius 1 is 1.14 bits per heavy atom. The molecule has 4 rings (SSSR count). The number of rotatable bonds is 5. The number of carbonyl (C=O) groups is 1. The Kier molecular flexibility index (Phi) is 7.06. The number of hydrogen-bond donors (Lipinski definition) is 1. The van der Waals surface area contributed by atoms with E-state index >= 15 is 0 Å². The number of amides is 1. The highest BCUT2D eigenvalue weighted by atomic mass is 16.5. The summed E-state index contributed by atoms with van der Waals surface area (Å²) < 4.78 is 11.1. The lowest BCUT2D eigenvalue weighted by molar-refractivity contribution is -0.129. The Morgan fingerprint density at radius 2 is 1.97 bits per heavy atom. The average Bonchev–Trinajstić information content (AvgIpc) is 3.00. The Bertz CT molecular complexity index is 677. The zero-order valence-corrected chi connectivity index (χ0v) is 17.6. The van der Waals surface area contributed by atoms with Crippen LogP contribution in [0.15, 0.2) is 24.3 Å². The van der Waals surface area contributed by atoms with Crippen LogP contribution in [0.4, 0.5) is 0 Å². The summed E-state index contributed by atoms with van der Waals surface area (Å²) in [6.07, 6.45) is 7.62. The zero-order chi connectivity index (χ0) is 20.1. The van der Waals surface area contributed by atoms with Crippen LogP contribution in [0.1, 0.15) is 44.1 Å². The first-order valence-electron chi connectivity index (χ1n) is 11.2. The number of nitrogens with one attached hydrogen (secondary N) is 1. The van der Waals surface area contributed by atoms with Crippen molar-refractivity contribution in [2.24, 2.45) is 0 Å². The van der Waals surface area contributed by atoms with Crippen molar-refractivity contribution in [1.82, 2.24) is 15.1 Å². The molecule has 160 valence electrons. The quantitative estimate of drug-likeness (QED) is 0.821. The fraction of sp³-hybridized carbons (Fsp3) is 0.696. The van der Waals surface area contributed by atoms with Gasteiger partial charge in [-0.3, -0.25) is 14.6 Å². The highest BCUT2D eigenvalue weighted by molar-refractivity contribution is 5.77. The molecule has 0 aliphatic carbocycles. The lowest BCUT2D eigenvalue weighted by Crippen LogP contribution is -2.60. The number of likely N-dealkylation sites (tertiary alicyclic amines) is 1. The van der Waals surface area contributed by atoms with Crippen LogP contribution in [0.25, 0.3) is 0 Å². The molecule has 3 aliphatic heterocycles. The molecule has 29 heavy (non-hydrogen) atoms. The number of benzene rings is 1. The van der Waals surface area contributed by atoms with E-state index in [1.54, 1.807) is 7.11 Å². The predicted octanol–water partition coefficient (Wildman–Crippen LogP) is 2.42. The van der Waals surface area contributed by atoms with Crippen LogP contribution >= 0.6 is 0 Å². The summed E-state index contributed by atoms with van der Waals surface area (Å²) in [4.78, 5) is 17.7. The SMILES string of the molecule is COc1ccccc1C[C@H]1CCCCCN1C1CC(N2CCOCC2)CC(=O)N1. The minimum Gasteiger partial charge on any atom is -0.496 e. The van der Waals surface area contributed by atoms with Gasteiger partial charge in [-0.2, -0.15) is 0 Å². The van der Waals surface area contributed by atoms with Gasteiger partial charge in [0.2, 0.25) is 5.91 Å². The topological polar surface area (TPSA) is 54.0 Å². The Labute approximate surface area is 174 Å². The number of nitrogens with zero attached hydrogens (tertiary/aromatic N) is 2. The first-order chi connectivity index (χ1) is 14.2. The summed E-state index contributed by atoms with van der Waals surface area (Å²) in [5.74, 6) is 1.16. The summed E-state index contributed by atoms with van der Waals surface area (Å²) >= 11 is 0. The molecule has 0 aromatic heterocycles. The number of piperidine rings is 1. The minimum atomic E-state index is 0.127. The number of methoxy groups -OCH3 is 1. The molecule has 0 spiro atoms. The summed E-state index contributed by atoms with van der Waals surface area (Å²) in [7, 11) is 1.75. The van der Waals surface area contributed by atoms with Gasteiger partial charge < -0.3 is 14.8 Å². The second-order valence-corrected chi connectivity index (χ2v) is 8.58. The molecule has 1 aromatic carbocycles. The molecule has 2 unspecified atom stereocenters. The van der Waals surface area contributed by atoms with E-state index in [1.165, 1.54) is 31.2 Å². The third-order valence-corrected chi connectivity index (χ3v) is 6.78. The summed E-state index contributed by atoms with van der Waals surface area (Å²) in [5, 5.41) is 3.33. The molecule has 1 N–H and O–H groups in total. The maximum absolute atomic E-state index is 12.6. The highest BCUT2D eigenvalue weighted by Gasteiger charge is 2.37. The number of hydrogen-bond acceptors (Lipinski definition) is 5. The van der Waals surface area contributed by atoms with Crippen molar-refractivity contribution in [3.05, 3.63) is 29.8 Å². The first kappa shape index (κ1) is 20.6. The molecular weight excluding hydrogens is 366 g/mol. The van der Waals surface area contributed by atoms with E-state index in [2.05, 4.69) is 27.2 Å². The van der Waals surface area contributed by atoms with Gasteiger partial charge in [-0.05, 0) is 37.3 Å². The van der Waals surface area contributed by atoms with Crippen LogP contribution in [-0.2, 0) is 16.0 Å². The van der Waals surface area contributed by atoms with Crippen LogP contribution in [0.3, 0.4) is 0 Å². The summed E-state index contributed by atoms with van der Waals surface area (Å²) in [6.45, 7) is 4.50. The van der Waals surface area contributed by atoms with E-state index in [-0.39, 0.29) is 12.1 Å². The summed E-state index contributed by atoms with van der Waals surface area (Å²) in [6, 6.07) is 9.11. The molecule has 3 fully saturated rings. The second-order valence-electron chi connectivity index (χ2n) is 8.58. The Morgan fingerprint density at radius 3 is 2.79 bits per heavy atom. The van der Waals surface area contributed by atoms with Gasteiger partial charge in [0.15, 0.2) is 0 Å². The molecule has 6 heteroatoms. The standard InChI is InChI=1S/C23H35N3O3/c1-28-21-9-5-4-7-18(21)15-19-8-3-2-6-10-26(19)22-16-20(17-23(27)24-22)25-11-13-29-14-12-25/h4-5,7,9,19-20,22H,2-3,6,8,10-17H2,1H3,(H,24,27)/t19-,20?,22?/m1/s1. The lowest BCUT2D eigenvalue weighted by atomic mass is 9.96. The molecule has 3 heterocycles. The van der Waals surface area contributed by atoms with Gasteiger partial charge in [-0.1, -0.05) is 31.0 Å². The molecule has 3 saturated heterocycles. The molecule has 1 aromatic rings. The van der Waals surface area contributed by atoms with Gasteiger partial charge in [0.05, 0.1) is 26.5 Å². The molecule has 0 radical (unpaired) electrons. The molecule has 6 nitrogen and oxygen atoms in total. The van der Waals surface area contributed by atoms with E-state index in [0.29, 0.717) is 18.5 Å². The fourth-order valence-corrected chi connectivity index (χ4v) is 5.25. The highest BCUT2D eigenvalue weighted by Crippen LogP contribution is 2.29. The van der Waals surface area contributed by atoms with Crippen molar-refractivity contribution in [3.8, 4) is 5.75 Å². The van der Waals surface area contributed by atoms with Crippen LogP contribution < -0.4 is 10.1 Å². The van der Waals surface area contributed by atoms with Crippen LogP contribution in [0.5, 0.6) is 5.75 Å². The predicted molar refractivity (Wildman–Crippen MR) is 113 cm³/mol. The molecule has 3 aliphatic rings.